The Morgan fingerprint density at radius 1 is 0.971 bits per heavy atom. The lowest BCUT2D eigenvalue weighted by atomic mass is 10.1. The van der Waals surface area contributed by atoms with Crippen molar-refractivity contribution in [3.05, 3.63) is 78.1 Å². The number of halogens is 4. The molecule has 0 aliphatic heterocycles. The topological polar surface area (TPSA) is 97.8 Å². The molecule has 3 rings (SSSR count). The lowest BCUT2D eigenvalue weighted by Gasteiger charge is -2.26. The Morgan fingerprint density at radius 2 is 1.60 bits per heavy atom. The van der Waals surface area contributed by atoms with Crippen LogP contribution in [0.5, 0.6) is 11.5 Å². The molecule has 0 radical (unpaired) electrons. The van der Waals surface area contributed by atoms with Gasteiger partial charge in [0, 0.05) is 41.9 Å². The van der Waals surface area contributed by atoms with E-state index in [1.54, 1.807) is 29.4 Å². The van der Waals surface area contributed by atoms with Crippen LogP contribution >= 0.6 is 0 Å². The Balaban J connectivity index is 2.01. The van der Waals surface area contributed by atoms with Crippen LogP contribution in [0.1, 0.15) is 15.9 Å². The van der Waals surface area contributed by atoms with E-state index in [4.69, 9.17) is 0 Å². The van der Waals surface area contributed by atoms with Crippen LogP contribution in [-0.4, -0.2) is 38.8 Å². The number of benzene rings is 2. The number of carbonyl (C=O) groups excluding carboxylic acids is 1. The smallest absolute Gasteiger partial charge is 0.387 e. The van der Waals surface area contributed by atoms with Gasteiger partial charge in [-0.1, -0.05) is 6.07 Å². The van der Waals surface area contributed by atoms with Crippen LogP contribution in [0.25, 0.3) is 0 Å². The monoisotopic (exact) mass is 513 g/mol. The second-order valence-electron chi connectivity index (χ2n) is 7.09. The molecule has 0 atom stereocenters. The fourth-order valence-electron chi connectivity index (χ4n) is 3.07. The summed E-state index contributed by atoms with van der Waals surface area (Å²) in [6, 6.07) is 12.8. The molecule has 35 heavy (non-hydrogen) atoms. The zero-order chi connectivity index (χ0) is 25.6. The maximum atomic E-state index is 12.9. The Hall–Kier alpha value is -3.87. The molecule has 0 aliphatic carbocycles. The molecule has 8 nitrogen and oxygen atoms in total. The van der Waals surface area contributed by atoms with Gasteiger partial charge in [0.1, 0.15) is 0 Å². The van der Waals surface area contributed by atoms with Gasteiger partial charge in [-0.3, -0.25) is 9.78 Å². The van der Waals surface area contributed by atoms with E-state index >= 15 is 0 Å². The minimum Gasteiger partial charge on any atom is -0.431 e. The standard InChI is InChI=1S/C22H19F4N3O5S/c1-35(31,32)28-20(30)15-4-6-16(7-5-15)29(13-14-3-2-10-27-12-14)17-8-9-18(33-21(23)24)19(11-17)34-22(25)26/h2-12,21-22H,13H2,1H3,(H,28,30). The van der Waals surface area contributed by atoms with Crippen LogP contribution in [0, 0.1) is 0 Å². The van der Waals surface area contributed by atoms with Gasteiger partial charge in [0.25, 0.3) is 5.91 Å². The molecule has 0 unspecified atom stereocenters. The molecule has 13 heteroatoms. The number of anilines is 2. The molecule has 0 spiro atoms. The molecular formula is C22H19F4N3O5S. The summed E-state index contributed by atoms with van der Waals surface area (Å²) in [6.45, 7) is -6.37. The fourth-order valence-corrected chi connectivity index (χ4v) is 3.53. The van der Waals surface area contributed by atoms with Gasteiger partial charge in [0.05, 0.1) is 6.26 Å². The first-order valence-corrected chi connectivity index (χ1v) is 11.7. The summed E-state index contributed by atoms with van der Waals surface area (Å²) in [6.07, 6.45) is 3.98. The van der Waals surface area contributed by atoms with E-state index in [9.17, 15) is 30.8 Å². The first-order valence-electron chi connectivity index (χ1n) is 9.84. The Morgan fingerprint density at radius 3 is 2.17 bits per heavy atom. The molecule has 186 valence electrons. The third-order valence-electron chi connectivity index (χ3n) is 4.45. The Kier molecular flexibility index (Phi) is 8.12. The van der Waals surface area contributed by atoms with Crippen LogP contribution in [0.4, 0.5) is 28.9 Å². The number of hydrogen-bond donors (Lipinski definition) is 1. The number of sulfonamides is 1. The molecule has 1 N–H and O–H groups in total. The molecule has 0 aliphatic rings. The SMILES string of the molecule is CS(=O)(=O)NC(=O)c1ccc(N(Cc2cccnc2)c2ccc(OC(F)F)c(OC(F)F)c2)cc1. The van der Waals surface area contributed by atoms with E-state index in [1.165, 1.54) is 30.3 Å². The van der Waals surface area contributed by atoms with Crippen molar-refractivity contribution < 1.29 is 40.2 Å². The summed E-state index contributed by atoms with van der Waals surface area (Å²) >= 11 is 0. The van der Waals surface area contributed by atoms with E-state index in [-0.39, 0.29) is 17.8 Å². The van der Waals surface area contributed by atoms with Crippen molar-refractivity contribution in [1.82, 2.24) is 9.71 Å². The molecule has 3 aromatic rings. The van der Waals surface area contributed by atoms with Crippen LogP contribution in [-0.2, 0) is 16.6 Å². The van der Waals surface area contributed by atoms with Crippen molar-refractivity contribution in [2.45, 2.75) is 19.8 Å². The van der Waals surface area contributed by atoms with Crippen LogP contribution in [0.15, 0.2) is 67.0 Å². The Bertz CT molecular complexity index is 1260. The second-order valence-corrected chi connectivity index (χ2v) is 8.83. The summed E-state index contributed by atoms with van der Waals surface area (Å²) in [7, 11) is -3.77. The van der Waals surface area contributed by atoms with Crippen LogP contribution < -0.4 is 19.1 Å². The quantitative estimate of drug-likeness (QED) is 0.404. The number of carbonyl (C=O) groups is 1. The molecule has 2 aromatic carbocycles. The predicted octanol–water partition coefficient (Wildman–Crippen LogP) is 4.31. The average Bonchev–Trinajstić information content (AvgIpc) is 2.78. The zero-order valence-corrected chi connectivity index (χ0v) is 18.9. The molecule has 1 amide bonds. The summed E-state index contributed by atoms with van der Waals surface area (Å²) in [5.74, 6) is -2.00. The van der Waals surface area contributed by atoms with E-state index in [0.717, 1.165) is 24.0 Å². The number of amides is 1. The largest absolute Gasteiger partial charge is 0.431 e. The Labute approximate surface area is 198 Å². The number of nitrogens with one attached hydrogen (secondary N) is 1. The maximum Gasteiger partial charge on any atom is 0.387 e. The lowest BCUT2D eigenvalue weighted by molar-refractivity contribution is -0.0692. The molecule has 0 fully saturated rings. The number of hydrogen-bond acceptors (Lipinski definition) is 7. The minimum atomic E-state index is -3.77. The minimum absolute atomic E-state index is 0.0582. The molecule has 1 heterocycles. The van der Waals surface area contributed by atoms with Gasteiger partial charge >= 0.3 is 13.2 Å². The number of pyridine rings is 1. The van der Waals surface area contributed by atoms with Crippen molar-refractivity contribution in [3.63, 3.8) is 0 Å². The van der Waals surface area contributed by atoms with E-state index in [1.807, 2.05) is 4.72 Å². The molecule has 0 bridgehead atoms. The number of aromatic nitrogens is 1. The number of nitrogens with zero attached hydrogens (tertiary/aromatic N) is 2. The fraction of sp³-hybridized carbons (Fsp3) is 0.182. The zero-order valence-electron chi connectivity index (χ0n) is 18.1. The van der Waals surface area contributed by atoms with Crippen molar-refractivity contribution in [2.24, 2.45) is 0 Å². The third kappa shape index (κ3) is 7.57. The molecule has 0 saturated carbocycles. The van der Waals surface area contributed by atoms with Crippen LogP contribution in [0.2, 0.25) is 0 Å². The lowest BCUT2D eigenvalue weighted by Crippen LogP contribution is -2.29. The van der Waals surface area contributed by atoms with E-state index in [0.29, 0.717) is 5.69 Å². The van der Waals surface area contributed by atoms with Gasteiger partial charge in [-0.2, -0.15) is 17.6 Å². The van der Waals surface area contributed by atoms with Crippen molar-refractivity contribution in [2.75, 3.05) is 11.2 Å². The van der Waals surface area contributed by atoms with Gasteiger partial charge in [-0.05, 0) is 48.0 Å². The second kappa shape index (κ2) is 11.0. The highest BCUT2D eigenvalue weighted by Crippen LogP contribution is 2.37. The molecular weight excluding hydrogens is 494 g/mol. The van der Waals surface area contributed by atoms with Crippen molar-refractivity contribution in [3.8, 4) is 11.5 Å². The average molecular weight is 513 g/mol. The van der Waals surface area contributed by atoms with Gasteiger partial charge in [0.15, 0.2) is 11.5 Å². The van der Waals surface area contributed by atoms with E-state index < -0.39 is 40.7 Å². The molecule has 1 aromatic heterocycles. The highest BCUT2D eigenvalue weighted by molar-refractivity contribution is 7.89. The number of alkyl halides is 4. The first-order chi connectivity index (χ1) is 16.5. The van der Waals surface area contributed by atoms with Gasteiger partial charge in [-0.25, -0.2) is 13.1 Å². The normalized spacial score (nSPS) is 11.4. The summed E-state index contributed by atoms with van der Waals surface area (Å²) < 4.78 is 84.4. The van der Waals surface area contributed by atoms with Gasteiger partial charge < -0.3 is 14.4 Å². The van der Waals surface area contributed by atoms with Gasteiger partial charge in [0.2, 0.25) is 10.0 Å². The summed E-state index contributed by atoms with van der Waals surface area (Å²) in [5.41, 5.74) is 1.52. The van der Waals surface area contributed by atoms with E-state index in [2.05, 4.69) is 14.5 Å². The summed E-state index contributed by atoms with van der Waals surface area (Å²) in [4.78, 5) is 17.8. The number of ether oxygens (including phenoxy) is 2. The summed E-state index contributed by atoms with van der Waals surface area (Å²) in [5, 5.41) is 0. The molecule has 0 saturated heterocycles. The highest BCUT2D eigenvalue weighted by atomic mass is 32.2. The van der Waals surface area contributed by atoms with Crippen molar-refractivity contribution >= 4 is 27.3 Å². The predicted molar refractivity (Wildman–Crippen MR) is 119 cm³/mol. The first kappa shape index (κ1) is 25.7. The highest BCUT2D eigenvalue weighted by Gasteiger charge is 2.19. The third-order valence-corrected chi connectivity index (χ3v) is 5.01. The van der Waals surface area contributed by atoms with Crippen molar-refractivity contribution in [1.29, 1.82) is 0 Å². The maximum absolute atomic E-state index is 12.9. The van der Waals surface area contributed by atoms with Crippen LogP contribution in [0.3, 0.4) is 0 Å². The van der Waals surface area contributed by atoms with Gasteiger partial charge in [-0.15, -0.1) is 0 Å². The number of rotatable bonds is 10.